The molecule has 128 valence electrons. The van der Waals surface area contributed by atoms with Crippen molar-refractivity contribution in [3.8, 4) is 0 Å². The van der Waals surface area contributed by atoms with Crippen molar-refractivity contribution in [3.05, 3.63) is 30.6 Å². The van der Waals surface area contributed by atoms with Crippen molar-refractivity contribution in [2.24, 2.45) is 5.84 Å². The molecule has 1 unspecified atom stereocenters. The van der Waals surface area contributed by atoms with Gasteiger partial charge < -0.3 is 14.6 Å². The minimum absolute atomic E-state index is 0.206. The first-order valence-corrected chi connectivity index (χ1v) is 10.3. The van der Waals surface area contributed by atoms with Gasteiger partial charge in [-0.05, 0) is 50.4 Å². The van der Waals surface area contributed by atoms with Gasteiger partial charge in [0.1, 0.15) is 19.7 Å². The summed E-state index contributed by atoms with van der Waals surface area (Å²) < 4.78 is 17.6. The van der Waals surface area contributed by atoms with E-state index >= 15 is 0 Å². The molecule has 1 atom stereocenters. The van der Waals surface area contributed by atoms with E-state index in [1.54, 1.807) is 13.3 Å². The first-order chi connectivity index (χ1) is 11.4. The third-order valence-corrected chi connectivity index (χ3v) is 5.29. The van der Waals surface area contributed by atoms with Gasteiger partial charge in [0, 0.05) is 17.6 Å². The first-order valence-electron chi connectivity index (χ1n) is 7.71. The summed E-state index contributed by atoms with van der Waals surface area (Å²) in [6, 6.07) is 7.37. The summed E-state index contributed by atoms with van der Waals surface area (Å²) in [7, 11) is -2.26. The molecule has 1 aliphatic rings. The van der Waals surface area contributed by atoms with Crippen molar-refractivity contribution in [2.75, 3.05) is 30.3 Å². The fourth-order valence-corrected chi connectivity index (χ4v) is 3.28. The average Bonchev–Trinajstić information content (AvgIpc) is 3.08. The Morgan fingerprint density at radius 1 is 1.29 bits per heavy atom. The molecular formula is C15H21N6O2P. The number of nitrogens with zero attached hydrogens (tertiary/aromatic N) is 4. The van der Waals surface area contributed by atoms with Gasteiger partial charge in [0.25, 0.3) is 0 Å². The molecule has 1 aromatic carbocycles. The van der Waals surface area contributed by atoms with E-state index in [-0.39, 0.29) is 6.23 Å². The molecular weight excluding hydrogens is 327 g/mol. The predicted octanol–water partition coefficient (Wildman–Crippen LogP) is 1.68. The molecule has 1 aliphatic heterocycles. The highest BCUT2D eigenvalue weighted by atomic mass is 31.2. The molecule has 0 aliphatic carbocycles. The normalized spacial score (nSPS) is 17.7. The van der Waals surface area contributed by atoms with Gasteiger partial charge in [-0.25, -0.2) is 10.8 Å². The van der Waals surface area contributed by atoms with Crippen LogP contribution in [0.25, 0.3) is 0 Å². The Kier molecular flexibility index (Phi) is 4.80. The fraction of sp³-hybridized carbons (Fsp3) is 0.400. The van der Waals surface area contributed by atoms with Crippen LogP contribution >= 0.6 is 7.14 Å². The van der Waals surface area contributed by atoms with Crippen molar-refractivity contribution in [1.82, 2.24) is 15.0 Å². The van der Waals surface area contributed by atoms with Gasteiger partial charge in [-0.15, -0.1) is 0 Å². The number of ether oxygens (including phenoxy) is 1. The van der Waals surface area contributed by atoms with E-state index in [1.807, 2.05) is 24.3 Å². The van der Waals surface area contributed by atoms with Crippen LogP contribution in [-0.2, 0) is 9.30 Å². The Morgan fingerprint density at radius 3 is 2.67 bits per heavy atom. The summed E-state index contributed by atoms with van der Waals surface area (Å²) in [6.45, 7) is 4.18. The van der Waals surface area contributed by atoms with Gasteiger partial charge in [-0.3, -0.25) is 5.01 Å². The standard InChI is InChI=1S/C15H21N6O2P/c1-24(2,22)12-7-5-11(6-8-12)19-14-17-10-18-15(20-14)21(16)13-4-3-9-23-13/h5-8,10,13H,3-4,9,16H2,1-2H3,(H,17,18,19,20). The van der Waals surface area contributed by atoms with Gasteiger partial charge in [0.15, 0.2) is 0 Å². The second-order valence-corrected chi connectivity index (χ2v) is 9.22. The van der Waals surface area contributed by atoms with Gasteiger partial charge in [-0.2, -0.15) is 9.97 Å². The molecule has 9 heteroatoms. The number of aromatic nitrogens is 3. The van der Waals surface area contributed by atoms with Gasteiger partial charge in [0.05, 0.1) is 0 Å². The van der Waals surface area contributed by atoms with Gasteiger partial charge in [-0.1, -0.05) is 0 Å². The van der Waals surface area contributed by atoms with E-state index in [4.69, 9.17) is 10.6 Å². The van der Waals surface area contributed by atoms with Gasteiger partial charge >= 0.3 is 0 Å². The van der Waals surface area contributed by atoms with E-state index < -0.39 is 7.14 Å². The second-order valence-electron chi connectivity index (χ2n) is 6.01. The topological polar surface area (TPSA) is 106 Å². The maximum Gasteiger partial charge on any atom is 0.246 e. The predicted molar refractivity (Wildman–Crippen MR) is 94.3 cm³/mol. The molecule has 0 amide bonds. The van der Waals surface area contributed by atoms with Crippen LogP contribution in [0.2, 0.25) is 0 Å². The highest BCUT2D eigenvalue weighted by Crippen LogP contribution is 2.34. The molecule has 3 N–H and O–H groups in total. The first kappa shape index (κ1) is 16.8. The Labute approximate surface area is 140 Å². The number of hydrogen-bond donors (Lipinski definition) is 2. The molecule has 8 nitrogen and oxygen atoms in total. The Morgan fingerprint density at radius 2 is 2.04 bits per heavy atom. The number of benzene rings is 1. The molecule has 1 aromatic heterocycles. The van der Waals surface area contributed by atoms with Gasteiger partial charge in [0.2, 0.25) is 11.9 Å². The van der Waals surface area contributed by atoms with Crippen LogP contribution in [0.4, 0.5) is 17.6 Å². The lowest BCUT2D eigenvalue weighted by atomic mass is 10.3. The number of rotatable bonds is 5. The quantitative estimate of drug-likeness (QED) is 0.477. The van der Waals surface area contributed by atoms with Crippen molar-refractivity contribution in [1.29, 1.82) is 0 Å². The van der Waals surface area contributed by atoms with Crippen LogP contribution in [0, 0.1) is 0 Å². The van der Waals surface area contributed by atoms with Crippen LogP contribution in [0.5, 0.6) is 0 Å². The summed E-state index contributed by atoms with van der Waals surface area (Å²) in [5.41, 5.74) is 0.796. The minimum atomic E-state index is -2.26. The molecule has 2 heterocycles. The van der Waals surface area contributed by atoms with Crippen molar-refractivity contribution < 1.29 is 9.30 Å². The van der Waals surface area contributed by atoms with Crippen molar-refractivity contribution in [3.63, 3.8) is 0 Å². The molecule has 1 fully saturated rings. The summed E-state index contributed by atoms with van der Waals surface area (Å²) in [6.07, 6.45) is 3.02. The zero-order valence-corrected chi connectivity index (χ0v) is 14.6. The largest absolute Gasteiger partial charge is 0.357 e. The third kappa shape index (κ3) is 3.90. The third-order valence-electron chi connectivity index (χ3n) is 3.75. The summed E-state index contributed by atoms with van der Waals surface area (Å²) in [5.74, 6) is 6.76. The number of nitrogens with one attached hydrogen (secondary N) is 1. The average molecular weight is 348 g/mol. The lowest BCUT2D eigenvalue weighted by molar-refractivity contribution is 0.106. The Balaban J connectivity index is 1.73. The minimum Gasteiger partial charge on any atom is -0.357 e. The summed E-state index contributed by atoms with van der Waals surface area (Å²) in [5, 5.41) is 5.35. The lowest BCUT2D eigenvalue weighted by Gasteiger charge is -2.22. The second kappa shape index (κ2) is 6.84. The highest BCUT2D eigenvalue weighted by Gasteiger charge is 2.23. The maximum absolute atomic E-state index is 12.0. The molecule has 0 radical (unpaired) electrons. The molecule has 1 saturated heterocycles. The molecule has 0 spiro atoms. The van der Waals surface area contributed by atoms with Crippen molar-refractivity contribution >= 4 is 30.0 Å². The van der Waals surface area contributed by atoms with Crippen LogP contribution < -0.4 is 21.5 Å². The summed E-state index contributed by atoms with van der Waals surface area (Å²) in [4.78, 5) is 12.5. The number of anilines is 3. The van der Waals surface area contributed by atoms with Crippen molar-refractivity contribution in [2.45, 2.75) is 19.1 Å². The molecule has 24 heavy (non-hydrogen) atoms. The Bertz CT molecular complexity index is 742. The number of nitrogens with two attached hydrogens (primary N) is 1. The zero-order valence-electron chi connectivity index (χ0n) is 13.7. The summed E-state index contributed by atoms with van der Waals surface area (Å²) >= 11 is 0. The molecule has 3 rings (SSSR count). The SMILES string of the molecule is CP(C)(=O)c1ccc(Nc2ncnc(N(N)C3CCCO3)n2)cc1. The maximum atomic E-state index is 12.0. The lowest BCUT2D eigenvalue weighted by Crippen LogP contribution is -2.42. The van der Waals surface area contributed by atoms with E-state index in [1.165, 1.54) is 11.3 Å². The van der Waals surface area contributed by atoms with Crippen LogP contribution in [0.15, 0.2) is 30.6 Å². The molecule has 0 saturated carbocycles. The highest BCUT2D eigenvalue weighted by molar-refractivity contribution is 7.70. The van der Waals surface area contributed by atoms with Crippen LogP contribution in [0.3, 0.4) is 0 Å². The number of hydrazine groups is 1. The van der Waals surface area contributed by atoms with E-state index in [0.29, 0.717) is 18.5 Å². The fourth-order valence-electron chi connectivity index (χ4n) is 2.41. The Hall–Kier alpha value is -2.02. The van der Waals surface area contributed by atoms with E-state index in [9.17, 15) is 4.57 Å². The smallest absolute Gasteiger partial charge is 0.246 e. The van der Waals surface area contributed by atoms with Crippen LogP contribution in [0.1, 0.15) is 12.8 Å². The number of hydrogen-bond acceptors (Lipinski definition) is 8. The molecule has 0 bridgehead atoms. The van der Waals surface area contributed by atoms with E-state index in [0.717, 1.165) is 23.8 Å². The van der Waals surface area contributed by atoms with E-state index in [2.05, 4.69) is 20.3 Å². The monoisotopic (exact) mass is 348 g/mol. The molecule has 2 aromatic rings. The zero-order chi connectivity index (χ0) is 17.2. The van der Waals surface area contributed by atoms with Crippen LogP contribution in [-0.4, -0.2) is 41.1 Å².